The van der Waals surface area contributed by atoms with Gasteiger partial charge in [0.2, 0.25) is 5.91 Å². The second-order valence-corrected chi connectivity index (χ2v) is 7.37. The molecule has 0 saturated carbocycles. The Balaban J connectivity index is 0.000000613. The molecule has 0 atom stereocenters. The van der Waals surface area contributed by atoms with Gasteiger partial charge in [-0.2, -0.15) is 0 Å². The number of amides is 1. The molecule has 2 rings (SSSR count). The Bertz CT molecular complexity index is 936. The number of nitrogens with zero attached hydrogens (tertiary/aromatic N) is 3. The number of anilines is 1. The summed E-state index contributed by atoms with van der Waals surface area (Å²) in [6, 6.07) is 7.51. The van der Waals surface area contributed by atoms with E-state index in [0.29, 0.717) is 31.2 Å². The molecule has 8 nitrogen and oxygen atoms in total. The van der Waals surface area contributed by atoms with Gasteiger partial charge in [-0.3, -0.25) is 19.6 Å². The lowest BCUT2D eigenvalue weighted by atomic mass is 10.2. The Morgan fingerprint density at radius 1 is 1.15 bits per heavy atom. The van der Waals surface area contributed by atoms with Crippen molar-refractivity contribution in [2.75, 3.05) is 12.3 Å². The van der Waals surface area contributed by atoms with Gasteiger partial charge >= 0.3 is 0 Å². The second-order valence-electron chi connectivity index (χ2n) is 7.37. The Labute approximate surface area is 204 Å². The average Bonchev–Trinajstić information content (AvgIpc) is 2.82. The summed E-state index contributed by atoms with van der Waals surface area (Å²) < 4.78 is 0. The number of Topliss-reactive ketones (excluding diaryl/α,β-unsaturated/α-hetero) is 1. The quantitative estimate of drug-likeness (QED) is 0.395. The van der Waals surface area contributed by atoms with Gasteiger partial charge in [-0.1, -0.05) is 38.5 Å². The zero-order valence-electron chi connectivity index (χ0n) is 21.6. The Hall–Kier alpha value is -3.55. The van der Waals surface area contributed by atoms with Crippen molar-refractivity contribution < 1.29 is 9.59 Å². The summed E-state index contributed by atoms with van der Waals surface area (Å²) in [5.41, 5.74) is 9.59. The zero-order valence-corrected chi connectivity index (χ0v) is 21.6. The molecule has 0 fully saturated rings. The summed E-state index contributed by atoms with van der Waals surface area (Å²) in [6.45, 7) is 14.2. The highest BCUT2D eigenvalue weighted by Gasteiger charge is 2.03. The molecule has 0 bridgehead atoms. The molecule has 0 aromatic carbocycles. The van der Waals surface area contributed by atoms with E-state index in [9.17, 15) is 9.59 Å². The highest BCUT2D eigenvalue weighted by Crippen LogP contribution is 2.07. The predicted molar refractivity (Wildman–Crippen MR) is 140 cm³/mol. The first-order chi connectivity index (χ1) is 16.2. The molecule has 2 aromatic heterocycles. The number of rotatable bonds is 8. The van der Waals surface area contributed by atoms with E-state index in [4.69, 9.17) is 5.73 Å². The van der Waals surface area contributed by atoms with Gasteiger partial charge in [-0.15, -0.1) is 0 Å². The summed E-state index contributed by atoms with van der Waals surface area (Å²) in [6.07, 6.45) is 6.61. The maximum absolute atomic E-state index is 11.4. The fourth-order valence-electron chi connectivity index (χ4n) is 2.43. The highest BCUT2D eigenvalue weighted by atomic mass is 16.1. The van der Waals surface area contributed by atoms with Crippen LogP contribution in [0.4, 0.5) is 5.82 Å². The minimum absolute atomic E-state index is 0.0428. The van der Waals surface area contributed by atoms with Gasteiger partial charge in [-0.05, 0) is 50.5 Å². The van der Waals surface area contributed by atoms with Crippen LogP contribution < -0.4 is 16.4 Å². The molecule has 4 N–H and O–H groups in total. The lowest BCUT2D eigenvalue weighted by molar-refractivity contribution is -0.121. The van der Waals surface area contributed by atoms with Crippen LogP contribution in [0.1, 0.15) is 64.8 Å². The van der Waals surface area contributed by atoms with Crippen LogP contribution in [-0.4, -0.2) is 34.0 Å². The van der Waals surface area contributed by atoms with Crippen molar-refractivity contribution in [1.82, 2.24) is 20.6 Å². The Morgan fingerprint density at radius 3 is 2.38 bits per heavy atom. The van der Waals surface area contributed by atoms with Crippen LogP contribution in [-0.2, 0) is 22.6 Å². The third-order valence-electron chi connectivity index (χ3n) is 4.24. The summed E-state index contributed by atoms with van der Waals surface area (Å²) in [5, 5.41) is 5.72. The summed E-state index contributed by atoms with van der Waals surface area (Å²) in [5.74, 6) is 0.896. The van der Waals surface area contributed by atoms with Crippen molar-refractivity contribution in [2.24, 2.45) is 4.99 Å². The highest BCUT2D eigenvalue weighted by molar-refractivity contribution is 6.38. The summed E-state index contributed by atoms with van der Waals surface area (Å²) in [7, 11) is 0. The number of ketones is 1. The molecular weight excluding hydrogens is 428 g/mol. The minimum Gasteiger partial charge on any atom is -0.384 e. The lowest BCUT2D eigenvalue weighted by Crippen LogP contribution is -2.26. The number of pyridine rings is 2. The molecule has 0 aliphatic rings. The number of aliphatic imine (C=N–C) groups is 1. The fraction of sp³-hybridized carbons (Fsp3) is 0.423. The van der Waals surface area contributed by atoms with Crippen LogP contribution in [0.3, 0.4) is 0 Å². The number of carbonyl (C=O) groups is 2. The molecule has 34 heavy (non-hydrogen) atoms. The maximum atomic E-state index is 11.4. The summed E-state index contributed by atoms with van der Waals surface area (Å²) in [4.78, 5) is 34.8. The first-order valence-electron chi connectivity index (χ1n) is 11.6. The molecule has 0 spiro atoms. The number of hydrogen-bond donors (Lipinski definition) is 3. The number of nitrogens with one attached hydrogen (secondary N) is 2. The van der Waals surface area contributed by atoms with Gasteiger partial charge in [0.25, 0.3) is 0 Å². The van der Waals surface area contributed by atoms with Crippen LogP contribution in [0.2, 0.25) is 0 Å². The van der Waals surface area contributed by atoms with Gasteiger partial charge < -0.3 is 16.4 Å². The van der Waals surface area contributed by atoms with Gasteiger partial charge in [0.05, 0.1) is 0 Å². The molecule has 0 aliphatic heterocycles. The zero-order chi connectivity index (χ0) is 25.9. The van der Waals surface area contributed by atoms with Crippen molar-refractivity contribution in [2.45, 2.75) is 67.9 Å². The fourth-order valence-corrected chi connectivity index (χ4v) is 2.43. The number of aromatic nitrogens is 2. The smallest absolute Gasteiger partial charge is 0.219 e. The third-order valence-corrected chi connectivity index (χ3v) is 4.24. The Kier molecular flexibility index (Phi) is 16.1. The molecule has 0 aliphatic carbocycles. The molecule has 8 heteroatoms. The van der Waals surface area contributed by atoms with Gasteiger partial charge in [-0.25, -0.2) is 4.98 Å². The number of hydrogen-bond acceptors (Lipinski definition) is 6. The van der Waals surface area contributed by atoms with E-state index in [0.717, 1.165) is 28.8 Å². The molecule has 1 amide bonds. The monoisotopic (exact) mass is 468 g/mol. The average molecular weight is 469 g/mol. The lowest BCUT2D eigenvalue weighted by Gasteiger charge is -2.06. The van der Waals surface area contributed by atoms with Crippen LogP contribution in [0.5, 0.6) is 0 Å². The Morgan fingerprint density at radius 2 is 1.85 bits per heavy atom. The van der Waals surface area contributed by atoms with Crippen molar-refractivity contribution >= 4 is 23.3 Å². The molecule has 186 valence electrons. The molecule has 0 unspecified atom stereocenters. The maximum Gasteiger partial charge on any atom is 0.219 e. The largest absolute Gasteiger partial charge is 0.384 e. The number of nitrogens with two attached hydrogens (primary N) is 1. The third kappa shape index (κ3) is 13.8. The van der Waals surface area contributed by atoms with E-state index in [1.807, 2.05) is 65.9 Å². The molecule has 2 aromatic rings. The standard InChI is InChI=1S/C14H19N3O.C10H15N3O.C2H6/c1-11(2)9-17-14(12(3)18)16-8-6-13-5-4-7-15-10-13;1-3-10(14)12-6-8-4-5-9(11)13-7(8)2;1-2/h4-5,7,9-10H,6,8H2,1-3H3,(H,16,17);4-5H,3,6H2,1-2H3,(H2,11,13)(H,12,14);1-2H3. The second kappa shape index (κ2) is 17.9. The van der Waals surface area contributed by atoms with E-state index >= 15 is 0 Å². The SMILES string of the molecule is CC.CC(=O)C(=NCCc1cccnc1)NC=C(C)C.CCC(=O)NCc1ccc(N)nc1C. The minimum atomic E-state index is -0.0568. The van der Waals surface area contributed by atoms with Crippen LogP contribution in [0.15, 0.2) is 53.4 Å². The number of allylic oxidation sites excluding steroid dienone is 1. The molecular formula is C26H40N6O2. The van der Waals surface area contributed by atoms with Crippen LogP contribution in [0.25, 0.3) is 0 Å². The predicted octanol–water partition coefficient (Wildman–Crippen LogP) is 4.15. The number of amidine groups is 1. The van der Waals surface area contributed by atoms with Crippen molar-refractivity contribution in [3.63, 3.8) is 0 Å². The number of carbonyl (C=O) groups excluding carboxylic acids is 2. The molecule has 0 radical (unpaired) electrons. The van der Waals surface area contributed by atoms with Crippen LogP contribution in [0, 0.1) is 6.92 Å². The van der Waals surface area contributed by atoms with E-state index < -0.39 is 0 Å². The van der Waals surface area contributed by atoms with E-state index in [1.54, 1.807) is 18.5 Å². The van der Waals surface area contributed by atoms with E-state index in [1.165, 1.54) is 6.92 Å². The van der Waals surface area contributed by atoms with Crippen LogP contribution >= 0.6 is 0 Å². The van der Waals surface area contributed by atoms with Crippen molar-refractivity contribution in [3.05, 3.63) is 65.3 Å². The van der Waals surface area contributed by atoms with E-state index in [-0.39, 0.29) is 11.7 Å². The van der Waals surface area contributed by atoms with Gasteiger partial charge in [0.1, 0.15) is 5.82 Å². The molecule has 2 heterocycles. The topological polar surface area (TPSA) is 122 Å². The molecule has 0 saturated heterocycles. The van der Waals surface area contributed by atoms with Gasteiger partial charge in [0.15, 0.2) is 11.6 Å². The normalized spacial score (nSPS) is 10.0. The van der Waals surface area contributed by atoms with Crippen molar-refractivity contribution in [3.8, 4) is 0 Å². The first kappa shape index (κ1) is 30.4. The van der Waals surface area contributed by atoms with Gasteiger partial charge in [0, 0.05) is 50.7 Å². The number of aryl methyl sites for hydroxylation is 1. The van der Waals surface area contributed by atoms with Crippen molar-refractivity contribution in [1.29, 1.82) is 0 Å². The number of nitrogen functional groups attached to an aromatic ring is 1. The summed E-state index contributed by atoms with van der Waals surface area (Å²) >= 11 is 0. The van der Waals surface area contributed by atoms with E-state index in [2.05, 4.69) is 25.6 Å². The first-order valence-corrected chi connectivity index (χ1v) is 11.6.